The number of carbonyl (C=O) groups excluding carboxylic acids is 1. The molecule has 0 bridgehead atoms. The SMILES string of the molecule is CN1Cc2nccc(-c3cn(C)nc3-c3ccc(F)cc3)c2C1=O.Cl. The van der Waals surface area contributed by atoms with Crippen LogP contribution >= 0.6 is 12.4 Å². The molecule has 25 heavy (non-hydrogen) atoms. The van der Waals surface area contributed by atoms with Crippen LogP contribution in [0.2, 0.25) is 0 Å². The third-order valence-corrected chi connectivity index (χ3v) is 4.21. The summed E-state index contributed by atoms with van der Waals surface area (Å²) < 4.78 is 14.9. The molecule has 2 aromatic heterocycles. The van der Waals surface area contributed by atoms with E-state index in [4.69, 9.17) is 0 Å². The quantitative estimate of drug-likeness (QED) is 0.706. The largest absolute Gasteiger partial charge is 0.336 e. The fourth-order valence-electron chi connectivity index (χ4n) is 3.08. The normalized spacial score (nSPS) is 12.9. The van der Waals surface area contributed by atoms with E-state index in [9.17, 15) is 9.18 Å². The molecule has 0 N–H and O–H groups in total. The molecule has 0 atom stereocenters. The summed E-state index contributed by atoms with van der Waals surface area (Å²) in [4.78, 5) is 18.5. The fourth-order valence-corrected chi connectivity index (χ4v) is 3.08. The molecule has 3 heterocycles. The van der Waals surface area contributed by atoms with Gasteiger partial charge in [0.25, 0.3) is 5.91 Å². The van der Waals surface area contributed by atoms with E-state index in [1.807, 2.05) is 19.3 Å². The summed E-state index contributed by atoms with van der Waals surface area (Å²) in [5, 5.41) is 4.51. The van der Waals surface area contributed by atoms with Gasteiger partial charge in [0.2, 0.25) is 0 Å². The van der Waals surface area contributed by atoms with Crippen LogP contribution in [0.1, 0.15) is 16.1 Å². The topological polar surface area (TPSA) is 51.0 Å². The van der Waals surface area contributed by atoms with Gasteiger partial charge in [0.1, 0.15) is 11.5 Å². The summed E-state index contributed by atoms with van der Waals surface area (Å²) in [6.45, 7) is 0.508. The number of halogens is 2. The highest BCUT2D eigenvalue weighted by atomic mass is 35.5. The highest BCUT2D eigenvalue weighted by Gasteiger charge is 2.30. The molecular formula is C18H16ClFN4O. The monoisotopic (exact) mass is 358 g/mol. The van der Waals surface area contributed by atoms with Crippen molar-refractivity contribution in [3.8, 4) is 22.4 Å². The molecule has 3 aromatic rings. The molecule has 0 aliphatic carbocycles. The first-order chi connectivity index (χ1) is 11.5. The second-order valence-corrected chi connectivity index (χ2v) is 5.91. The van der Waals surface area contributed by atoms with Crippen molar-refractivity contribution < 1.29 is 9.18 Å². The number of nitrogens with zero attached hydrogens (tertiary/aromatic N) is 4. The first-order valence-electron chi connectivity index (χ1n) is 7.58. The summed E-state index contributed by atoms with van der Waals surface area (Å²) in [6.07, 6.45) is 3.59. The molecule has 0 unspecified atom stereocenters. The van der Waals surface area contributed by atoms with Crippen LogP contribution in [0.4, 0.5) is 4.39 Å². The van der Waals surface area contributed by atoms with Gasteiger partial charge in [-0.3, -0.25) is 14.5 Å². The summed E-state index contributed by atoms with van der Waals surface area (Å²) in [5.41, 5.74) is 4.56. The molecule has 0 saturated heterocycles. The minimum Gasteiger partial charge on any atom is -0.336 e. The standard InChI is InChI=1S/C18H15FN4O.ClH/c1-22-10-15-16(18(22)24)13(7-8-20-15)14-9-23(2)21-17(14)11-3-5-12(19)6-4-11;/h3-9H,10H2,1-2H3;1H. The van der Waals surface area contributed by atoms with Crippen LogP contribution in [0, 0.1) is 5.82 Å². The van der Waals surface area contributed by atoms with E-state index < -0.39 is 0 Å². The molecule has 1 aliphatic heterocycles. The first kappa shape index (κ1) is 17.1. The van der Waals surface area contributed by atoms with Crippen molar-refractivity contribution in [2.45, 2.75) is 6.54 Å². The number of hydrogen-bond acceptors (Lipinski definition) is 3. The van der Waals surface area contributed by atoms with Gasteiger partial charge in [-0.25, -0.2) is 4.39 Å². The maximum Gasteiger partial charge on any atom is 0.256 e. The van der Waals surface area contributed by atoms with Gasteiger partial charge in [-0.05, 0) is 30.3 Å². The molecule has 7 heteroatoms. The van der Waals surface area contributed by atoms with E-state index in [2.05, 4.69) is 10.1 Å². The summed E-state index contributed by atoms with van der Waals surface area (Å²) >= 11 is 0. The molecule has 1 amide bonds. The second kappa shape index (κ2) is 6.29. The number of carbonyl (C=O) groups is 1. The van der Waals surface area contributed by atoms with Crippen LogP contribution in [0.15, 0.2) is 42.7 Å². The lowest BCUT2D eigenvalue weighted by molar-refractivity contribution is 0.0817. The Morgan fingerprint density at radius 2 is 1.80 bits per heavy atom. The van der Waals surface area contributed by atoms with Crippen molar-refractivity contribution in [1.29, 1.82) is 0 Å². The molecule has 0 spiro atoms. The Morgan fingerprint density at radius 3 is 2.52 bits per heavy atom. The fraction of sp³-hybridized carbons (Fsp3) is 0.167. The number of aromatic nitrogens is 3. The molecule has 4 rings (SSSR count). The Morgan fingerprint density at radius 1 is 1.08 bits per heavy atom. The van der Waals surface area contributed by atoms with Gasteiger partial charge in [-0.15, -0.1) is 12.4 Å². The van der Waals surface area contributed by atoms with Crippen molar-refractivity contribution in [2.24, 2.45) is 7.05 Å². The summed E-state index contributed by atoms with van der Waals surface area (Å²) in [6, 6.07) is 8.03. The molecule has 0 saturated carbocycles. The maximum atomic E-state index is 13.2. The lowest BCUT2D eigenvalue weighted by atomic mass is 9.97. The lowest BCUT2D eigenvalue weighted by Gasteiger charge is -2.08. The molecule has 5 nitrogen and oxygen atoms in total. The van der Waals surface area contributed by atoms with Gasteiger partial charge in [-0.2, -0.15) is 5.10 Å². The van der Waals surface area contributed by atoms with Crippen LogP contribution in [0.5, 0.6) is 0 Å². The Bertz CT molecular complexity index is 952. The van der Waals surface area contributed by atoms with Gasteiger partial charge >= 0.3 is 0 Å². The predicted molar refractivity (Wildman–Crippen MR) is 94.9 cm³/mol. The van der Waals surface area contributed by atoms with Crippen LogP contribution in [-0.4, -0.2) is 32.6 Å². The van der Waals surface area contributed by atoms with Crippen molar-refractivity contribution in [3.63, 3.8) is 0 Å². The predicted octanol–water partition coefficient (Wildman–Crippen LogP) is 3.30. The van der Waals surface area contributed by atoms with E-state index in [1.54, 1.807) is 35.0 Å². The van der Waals surface area contributed by atoms with Crippen molar-refractivity contribution in [3.05, 3.63) is 59.8 Å². The average molecular weight is 359 g/mol. The van der Waals surface area contributed by atoms with Gasteiger partial charge in [-0.1, -0.05) is 0 Å². The Balaban J connectivity index is 0.00000182. The van der Waals surface area contributed by atoms with Crippen molar-refractivity contribution in [1.82, 2.24) is 19.7 Å². The molecular weight excluding hydrogens is 343 g/mol. The second-order valence-electron chi connectivity index (χ2n) is 5.91. The van der Waals surface area contributed by atoms with E-state index in [-0.39, 0.29) is 24.1 Å². The van der Waals surface area contributed by atoms with Crippen LogP contribution < -0.4 is 0 Å². The number of pyridine rings is 1. The van der Waals surface area contributed by atoms with Gasteiger partial charge in [0.05, 0.1) is 17.8 Å². The molecule has 0 radical (unpaired) electrons. The average Bonchev–Trinajstić information content (AvgIpc) is 3.09. The van der Waals surface area contributed by atoms with Crippen molar-refractivity contribution in [2.75, 3.05) is 7.05 Å². The smallest absolute Gasteiger partial charge is 0.256 e. The number of fused-ring (bicyclic) bond motifs is 1. The number of hydrogen-bond donors (Lipinski definition) is 0. The molecule has 1 aromatic carbocycles. The minimum atomic E-state index is -0.294. The zero-order valence-corrected chi connectivity index (χ0v) is 14.5. The van der Waals surface area contributed by atoms with Crippen LogP contribution in [0.3, 0.4) is 0 Å². The summed E-state index contributed by atoms with van der Waals surface area (Å²) in [7, 11) is 3.59. The highest BCUT2D eigenvalue weighted by molar-refractivity contribution is 6.05. The highest BCUT2D eigenvalue weighted by Crippen LogP contribution is 2.36. The van der Waals surface area contributed by atoms with Crippen LogP contribution in [0.25, 0.3) is 22.4 Å². The Kier molecular flexibility index (Phi) is 4.30. The first-order valence-corrected chi connectivity index (χ1v) is 7.58. The Labute approximate surface area is 150 Å². The maximum absolute atomic E-state index is 13.2. The van der Waals surface area contributed by atoms with Crippen molar-refractivity contribution >= 4 is 18.3 Å². The molecule has 1 aliphatic rings. The number of benzene rings is 1. The number of rotatable bonds is 2. The van der Waals surface area contributed by atoms with Gasteiger partial charge in [0.15, 0.2) is 0 Å². The number of aryl methyl sites for hydroxylation is 1. The van der Waals surface area contributed by atoms with E-state index >= 15 is 0 Å². The minimum absolute atomic E-state index is 0. The number of amides is 1. The molecule has 128 valence electrons. The zero-order valence-electron chi connectivity index (χ0n) is 13.7. The lowest BCUT2D eigenvalue weighted by Crippen LogP contribution is -2.17. The zero-order chi connectivity index (χ0) is 16.8. The Hall–Kier alpha value is -2.73. The summed E-state index contributed by atoms with van der Waals surface area (Å²) in [5.74, 6) is -0.333. The third kappa shape index (κ3) is 2.78. The van der Waals surface area contributed by atoms with Crippen LogP contribution in [-0.2, 0) is 13.6 Å². The van der Waals surface area contributed by atoms with Gasteiger partial charge in [0, 0.05) is 43.2 Å². The van der Waals surface area contributed by atoms with E-state index in [0.717, 1.165) is 22.4 Å². The van der Waals surface area contributed by atoms with Gasteiger partial charge < -0.3 is 4.90 Å². The molecule has 0 fully saturated rings. The third-order valence-electron chi connectivity index (χ3n) is 4.21. The van der Waals surface area contributed by atoms with E-state index in [1.165, 1.54) is 12.1 Å². The van der Waals surface area contributed by atoms with E-state index in [0.29, 0.717) is 17.8 Å².